The molecule has 0 heterocycles. The van der Waals surface area contributed by atoms with E-state index >= 15 is 0 Å². The summed E-state index contributed by atoms with van der Waals surface area (Å²) in [6.45, 7) is 0.884. The molecule has 2 aromatic rings. The molecule has 1 amide bonds. The van der Waals surface area contributed by atoms with Gasteiger partial charge in [-0.1, -0.05) is 23.7 Å². The highest BCUT2D eigenvalue weighted by Gasteiger charge is 2.31. The van der Waals surface area contributed by atoms with Crippen molar-refractivity contribution in [1.29, 1.82) is 0 Å². The monoisotopic (exact) mass is 417 g/mol. The van der Waals surface area contributed by atoms with Crippen molar-refractivity contribution in [3.8, 4) is 11.5 Å². The van der Waals surface area contributed by atoms with Gasteiger partial charge in [0.15, 0.2) is 12.7 Å². The number of halogens is 4. The largest absolute Gasteiger partial charge is 0.573 e. The molecule has 10 heteroatoms. The fraction of sp³-hybridized carbons (Fsp3) is 0.222. The smallest absolute Gasteiger partial charge is 0.480 e. The van der Waals surface area contributed by atoms with Gasteiger partial charge < -0.3 is 19.5 Å². The van der Waals surface area contributed by atoms with Crippen LogP contribution in [-0.4, -0.2) is 30.9 Å². The zero-order chi connectivity index (χ0) is 20.7. The first-order chi connectivity index (χ1) is 13.1. The van der Waals surface area contributed by atoms with Crippen molar-refractivity contribution in [2.45, 2.75) is 19.4 Å². The van der Waals surface area contributed by atoms with Crippen LogP contribution in [0.1, 0.15) is 6.92 Å². The van der Waals surface area contributed by atoms with Gasteiger partial charge in [-0.2, -0.15) is 0 Å². The quantitative estimate of drug-likeness (QED) is 0.684. The first-order valence-corrected chi connectivity index (χ1v) is 8.25. The molecule has 0 aliphatic heterocycles. The number of amides is 1. The molecule has 1 unspecified atom stereocenters. The summed E-state index contributed by atoms with van der Waals surface area (Å²) in [6.07, 6.45) is -5.96. The van der Waals surface area contributed by atoms with Crippen molar-refractivity contribution >= 4 is 29.2 Å². The molecule has 0 saturated heterocycles. The van der Waals surface area contributed by atoms with Gasteiger partial charge in [-0.3, -0.25) is 4.79 Å². The lowest BCUT2D eigenvalue weighted by molar-refractivity contribution is -0.274. The maximum Gasteiger partial charge on any atom is 0.573 e. The number of ether oxygens (including phenoxy) is 3. The zero-order valence-corrected chi connectivity index (χ0v) is 15.2. The topological polar surface area (TPSA) is 73.9 Å². The molecular weight excluding hydrogens is 403 g/mol. The first-order valence-electron chi connectivity index (χ1n) is 7.87. The van der Waals surface area contributed by atoms with E-state index < -0.39 is 36.7 Å². The Balaban J connectivity index is 1.82. The molecule has 2 aromatic carbocycles. The van der Waals surface area contributed by atoms with Gasteiger partial charge in [-0.25, -0.2) is 4.79 Å². The standard InChI is InChI=1S/C18H15ClF3NO5/c1-11(27-16(24)10-26-15-5-3-2-4-14(15)19)17(25)23-12-6-8-13(9-7-12)28-18(20,21)22/h2-9,11H,10H2,1H3,(H,23,25). The van der Waals surface area contributed by atoms with Gasteiger partial charge in [-0.05, 0) is 43.3 Å². The van der Waals surface area contributed by atoms with E-state index in [1.54, 1.807) is 24.3 Å². The molecule has 0 radical (unpaired) electrons. The lowest BCUT2D eigenvalue weighted by atomic mass is 10.3. The number of hydrogen-bond donors (Lipinski definition) is 1. The molecule has 0 bridgehead atoms. The van der Waals surface area contributed by atoms with Crippen LogP contribution in [0, 0.1) is 0 Å². The lowest BCUT2D eigenvalue weighted by Gasteiger charge is -2.14. The molecule has 0 fully saturated rings. The van der Waals surface area contributed by atoms with Crippen molar-refractivity contribution < 1.29 is 37.0 Å². The van der Waals surface area contributed by atoms with Crippen molar-refractivity contribution in [3.63, 3.8) is 0 Å². The minimum absolute atomic E-state index is 0.203. The number of nitrogens with one attached hydrogen (secondary N) is 1. The van der Waals surface area contributed by atoms with Crippen LogP contribution in [0.25, 0.3) is 0 Å². The van der Waals surface area contributed by atoms with Gasteiger partial charge in [-0.15, -0.1) is 13.2 Å². The second kappa shape index (κ2) is 9.32. The predicted octanol–water partition coefficient (Wildman–Crippen LogP) is 4.19. The minimum atomic E-state index is -4.81. The van der Waals surface area contributed by atoms with E-state index in [0.29, 0.717) is 10.8 Å². The number of esters is 1. The third kappa shape index (κ3) is 6.99. The van der Waals surface area contributed by atoms with E-state index in [9.17, 15) is 22.8 Å². The van der Waals surface area contributed by atoms with Crippen LogP contribution in [0.15, 0.2) is 48.5 Å². The number of para-hydroxylation sites is 1. The number of anilines is 1. The number of carbonyl (C=O) groups excluding carboxylic acids is 2. The molecule has 6 nitrogen and oxygen atoms in total. The molecular formula is C18H15ClF3NO5. The second-order valence-corrected chi connectivity index (χ2v) is 5.82. The highest BCUT2D eigenvalue weighted by molar-refractivity contribution is 6.32. The summed E-state index contributed by atoms with van der Waals surface area (Å²) in [7, 11) is 0. The number of hydrogen-bond acceptors (Lipinski definition) is 5. The Labute approximate surface area is 163 Å². The van der Waals surface area contributed by atoms with E-state index in [-0.39, 0.29) is 5.69 Å². The Hall–Kier alpha value is -2.94. The van der Waals surface area contributed by atoms with Crippen molar-refractivity contribution in [3.05, 3.63) is 53.6 Å². The van der Waals surface area contributed by atoms with E-state index in [4.69, 9.17) is 21.1 Å². The Morgan fingerprint density at radius 1 is 1.11 bits per heavy atom. The van der Waals surface area contributed by atoms with Crippen LogP contribution in [0.4, 0.5) is 18.9 Å². The average molecular weight is 418 g/mol. The van der Waals surface area contributed by atoms with Crippen molar-refractivity contribution in [2.75, 3.05) is 11.9 Å². The Morgan fingerprint density at radius 3 is 2.36 bits per heavy atom. The molecule has 1 atom stereocenters. The van der Waals surface area contributed by atoms with E-state index in [1.807, 2.05) is 0 Å². The highest BCUT2D eigenvalue weighted by atomic mass is 35.5. The molecule has 0 aromatic heterocycles. The summed E-state index contributed by atoms with van der Waals surface area (Å²) < 4.78 is 50.2. The van der Waals surface area contributed by atoms with Crippen LogP contribution >= 0.6 is 11.6 Å². The molecule has 0 spiro atoms. The summed E-state index contributed by atoms with van der Waals surface area (Å²) >= 11 is 5.89. The van der Waals surface area contributed by atoms with E-state index in [2.05, 4.69) is 10.1 Å². The van der Waals surface area contributed by atoms with Gasteiger partial charge in [0.25, 0.3) is 5.91 Å². The third-order valence-electron chi connectivity index (χ3n) is 3.22. The third-order valence-corrected chi connectivity index (χ3v) is 3.53. The van der Waals surface area contributed by atoms with E-state index in [1.165, 1.54) is 19.1 Å². The van der Waals surface area contributed by atoms with Gasteiger partial charge in [0, 0.05) is 5.69 Å². The van der Waals surface area contributed by atoms with Crippen LogP contribution in [0.2, 0.25) is 5.02 Å². The van der Waals surface area contributed by atoms with E-state index in [0.717, 1.165) is 12.1 Å². The van der Waals surface area contributed by atoms with Crippen LogP contribution < -0.4 is 14.8 Å². The number of alkyl halides is 3. The molecule has 1 N–H and O–H groups in total. The predicted molar refractivity (Wildman–Crippen MR) is 94.3 cm³/mol. The molecule has 0 saturated carbocycles. The van der Waals surface area contributed by atoms with Crippen LogP contribution in [-0.2, 0) is 14.3 Å². The normalized spacial score (nSPS) is 12.0. The summed E-state index contributed by atoms with van der Waals surface area (Å²) in [5.74, 6) is -1.60. The maximum atomic E-state index is 12.1. The van der Waals surface area contributed by atoms with Gasteiger partial charge in [0.1, 0.15) is 11.5 Å². The van der Waals surface area contributed by atoms with Gasteiger partial charge in [0.2, 0.25) is 0 Å². The maximum absolute atomic E-state index is 12.1. The summed E-state index contributed by atoms with van der Waals surface area (Å²) in [6, 6.07) is 11.0. The Morgan fingerprint density at radius 2 is 1.75 bits per heavy atom. The number of carbonyl (C=O) groups is 2. The number of rotatable bonds is 7. The van der Waals surface area contributed by atoms with Gasteiger partial charge in [0.05, 0.1) is 5.02 Å². The average Bonchev–Trinajstić information content (AvgIpc) is 2.61. The lowest BCUT2D eigenvalue weighted by Crippen LogP contribution is -2.31. The SMILES string of the molecule is CC(OC(=O)COc1ccccc1Cl)C(=O)Nc1ccc(OC(F)(F)F)cc1. The Kier molecular flexibility index (Phi) is 7.11. The zero-order valence-electron chi connectivity index (χ0n) is 14.5. The minimum Gasteiger partial charge on any atom is -0.480 e. The fourth-order valence-electron chi connectivity index (χ4n) is 1.97. The molecule has 0 aliphatic carbocycles. The van der Waals surface area contributed by atoms with Crippen LogP contribution in [0.3, 0.4) is 0 Å². The van der Waals surface area contributed by atoms with Crippen LogP contribution in [0.5, 0.6) is 11.5 Å². The summed E-state index contributed by atoms with van der Waals surface area (Å²) in [4.78, 5) is 23.8. The first kappa shape index (κ1) is 21.4. The second-order valence-electron chi connectivity index (χ2n) is 5.41. The summed E-state index contributed by atoms with van der Waals surface area (Å²) in [5, 5.41) is 2.72. The molecule has 2 rings (SSSR count). The fourth-order valence-corrected chi connectivity index (χ4v) is 2.16. The van der Waals surface area contributed by atoms with Crippen molar-refractivity contribution in [2.24, 2.45) is 0 Å². The van der Waals surface area contributed by atoms with Crippen molar-refractivity contribution in [1.82, 2.24) is 0 Å². The summed E-state index contributed by atoms with van der Waals surface area (Å²) in [5.41, 5.74) is 0.203. The molecule has 150 valence electrons. The number of benzene rings is 2. The van der Waals surface area contributed by atoms with Gasteiger partial charge >= 0.3 is 12.3 Å². The molecule has 0 aliphatic rings. The Bertz CT molecular complexity index is 827. The highest BCUT2D eigenvalue weighted by Crippen LogP contribution is 2.24. The molecule has 28 heavy (non-hydrogen) atoms.